The Kier molecular flexibility index (Phi) is 4.01. The summed E-state index contributed by atoms with van der Waals surface area (Å²) >= 11 is 4.58. The molecule has 1 aromatic carbocycles. The van der Waals surface area contributed by atoms with Crippen molar-refractivity contribution in [2.45, 2.75) is 6.92 Å². The molecule has 0 unspecified atom stereocenters. The van der Waals surface area contributed by atoms with Crippen molar-refractivity contribution in [3.8, 4) is 0 Å². The molecule has 2 aromatic rings. The van der Waals surface area contributed by atoms with Gasteiger partial charge < -0.3 is 10.4 Å². The first-order valence-electron chi connectivity index (χ1n) is 5.37. The van der Waals surface area contributed by atoms with E-state index in [-0.39, 0.29) is 17.2 Å². The lowest BCUT2D eigenvalue weighted by Crippen LogP contribution is -2.14. The highest BCUT2D eigenvalue weighted by molar-refractivity contribution is 9.10. The summed E-state index contributed by atoms with van der Waals surface area (Å²) in [6.07, 6.45) is 0. The third-order valence-electron chi connectivity index (χ3n) is 2.53. The van der Waals surface area contributed by atoms with E-state index in [2.05, 4.69) is 21.2 Å². The Hall–Kier alpha value is -1.66. The van der Waals surface area contributed by atoms with E-state index in [9.17, 15) is 9.59 Å². The number of carbonyl (C=O) groups excluding carboxylic acids is 1. The van der Waals surface area contributed by atoms with Crippen LogP contribution in [-0.4, -0.2) is 17.0 Å². The van der Waals surface area contributed by atoms with E-state index in [0.717, 1.165) is 5.56 Å². The number of amides is 1. The molecule has 4 nitrogen and oxygen atoms in total. The third-order valence-corrected chi connectivity index (χ3v) is 4.04. The second kappa shape index (κ2) is 5.54. The summed E-state index contributed by atoms with van der Waals surface area (Å²) in [6, 6.07) is 6.49. The minimum absolute atomic E-state index is 0.0609. The number of hydrogen-bond donors (Lipinski definition) is 2. The number of nitrogens with one attached hydrogen (secondary N) is 1. The summed E-state index contributed by atoms with van der Waals surface area (Å²) < 4.78 is 0.704. The Balaban J connectivity index is 2.33. The smallest absolute Gasteiger partial charge is 0.337 e. The van der Waals surface area contributed by atoms with Crippen molar-refractivity contribution in [3.05, 3.63) is 50.1 Å². The van der Waals surface area contributed by atoms with Crippen molar-refractivity contribution in [1.29, 1.82) is 0 Å². The van der Waals surface area contributed by atoms with Crippen molar-refractivity contribution < 1.29 is 14.7 Å². The number of carbonyl (C=O) groups is 2. The fourth-order valence-electron chi connectivity index (χ4n) is 1.59. The molecule has 0 atom stereocenters. The average molecular weight is 340 g/mol. The highest BCUT2D eigenvalue weighted by Crippen LogP contribution is 2.24. The van der Waals surface area contributed by atoms with E-state index in [4.69, 9.17) is 5.11 Å². The molecule has 1 heterocycles. The van der Waals surface area contributed by atoms with Gasteiger partial charge in [0.2, 0.25) is 0 Å². The van der Waals surface area contributed by atoms with Crippen LogP contribution in [0.1, 0.15) is 25.6 Å². The van der Waals surface area contributed by atoms with Crippen LogP contribution >= 0.6 is 27.3 Å². The summed E-state index contributed by atoms with van der Waals surface area (Å²) in [5, 5.41) is 13.5. The van der Waals surface area contributed by atoms with Crippen LogP contribution in [0, 0.1) is 6.92 Å². The maximum Gasteiger partial charge on any atom is 0.337 e. The molecule has 19 heavy (non-hydrogen) atoms. The Morgan fingerprint density at radius 1 is 1.32 bits per heavy atom. The van der Waals surface area contributed by atoms with Crippen LogP contribution in [0.15, 0.2) is 34.1 Å². The number of rotatable bonds is 3. The molecule has 0 aliphatic rings. The van der Waals surface area contributed by atoms with Gasteiger partial charge in [0.1, 0.15) is 0 Å². The number of halogens is 1. The van der Waals surface area contributed by atoms with Gasteiger partial charge in [-0.1, -0.05) is 15.9 Å². The molecule has 6 heteroatoms. The predicted octanol–water partition coefficient (Wildman–Crippen LogP) is 3.77. The zero-order chi connectivity index (χ0) is 14.0. The summed E-state index contributed by atoms with van der Waals surface area (Å²) in [7, 11) is 0. The molecule has 98 valence electrons. The lowest BCUT2D eigenvalue weighted by Gasteiger charge is -2.08. The monoisotopic (exact) mass is 339 g/mol. The summed E-state index contributed by atoms with van der Waals surface area (Å²) in [5.41, 5.74) is 1.21. The second-order valence-electron chi connectivity index (χ2n) is 3.88. The maximum atomic E-state index is 12.1. The fourth-order valence-corrected chi connectivity index (χ4v) is 2.77. The highest BCUT2D eigenvalue weighted by Gasteiger charge is 2.15. The molecule has 0 aliphatic carbocycles. The van der Waals surface area contributed by atoms with Gasteiger partial charge in [0.25, 0.3) is 5.91 Å². The Morgan fingerprint density at radius 3 is 2.63 bits per heavy atom. The molecule has 1 aromatic heterocycles. The molecule has 0 aliphatic heterocycles. The van der Waals surface area contributed by atoms with Gasteiger partial charge in [0.15, 0.2) is 0 Å². The molecule has 0 fully saturated rings. The SMILES string of the molecule is Cc1ccsc1C(=O)Nc1cc(Br)ccc1C(=O)O. The molecule has 0 bridgehead atoms. The number of hydrogen-bond acceptors (Lipinski definition) is 3. The zero-order valence-corrected chi connectivity index (χ0v) is 12.3. The van der Waals surface area contributed by atoms with Crippen molar-refractivity contribution in [2.24, 2.45) is 0 Å². The quantitative estimate of drug-likeness (QED) is 0.894. The van der Waals surface area contributed by atoms with Gasteiger partial charge in [-0.15, -0.1) is 11.3 Å². The number of thiophene rings is 1. The molecule has 0 spiro atoms. The van der Waals surface area contributed by atoms with Crippen LogP contribution in [0.4, 0.5) is 5.69 Å². The van der Waals surface area contributed by atoms with Crippen molar-refractivity contribution in [2.75, 3.05) is 5.32 Å². The zero-order valence-electron chi connectivity index (χ0n) is 9.94. The third kappa shape index (κ3) is 3.02. The molecule has 0 saturated carbocycles. The van der Waals surface area contributed by atoms with Crippen LogP contribution < -0.4 is 5.32 Å². The van der Waals surface area contributed by atoms with Crippen LogP contribution in [0.25, 0.3) is 0 Å². The van der Waals surface area contributed by atoms with Gasteiger partial charge in [-0.2, -0.15) is 0 Å². The first kappa shape index (κ1) is 13.8. The van der Waals surface area contributed by atoms with E-state index < -0.39 is 5.97 Å². The standard InChI is InChI=1S/C13H10BrNO3S/c1-7-4-5-19-11(7)12(16)15-10-6-8(14)2-3-9(10)13(17)18/h2-6H,1H3,(H,15,16)(H,17,18). The lowest BCUT2D eigenvalue weighted by atomic mass is 10.1. The predicted molar refractivity (Wildman–Crippen MR) is 78.1 cm³/mol. The van der Waals surface area contributed by atoms with Gasteiger partial charge in [0.05, 0.1) is 16.1 Å². The van der Waals surface area contributed by atoms with E-state index in [1.54, 1.807) is 12.1 Å². The molecule has 0 saturated heterocycles. The van der Waals surface area contributed by atoms with Gasteiger partial charge in [-0.25, -0.2) is 4.79 Å². The number of aryl methyl sites for hydroxylation is 1. The number of carboxylic acids is 1. The fraction of sp³-hybridized carbons (Fsp3) is 0.0769. The first-order chi connectivity index (χ1) is 8.99. The van der Waals surface area contributed by atoms with Gasteiger partial charge >= 0.3 is 5.97 Å². The van der Waals surface area contributed by atoms with Gasteiger partial charge in [0, 0.05) is 4.47 Å². The molecular weight excluding hydrogens is 330 g/mol. The minimum atomic E-state index is -1.08. The second-order valence-corrected chi connectivity index (χ2v) is 5.71. The average Bonchev–Trinajstić information content (AvgIpc) is 2.75. The molecular formula is C13H10BrNO3S. The number of anilines is 1. The number of carboxylic acid groups (broad SMARTS) is 1. The van der Waals surface area contributed by atoms with E-state index in [1.807, 2.05) is 18.4 Å². The van der Waals surface area contributed by atoms with Gasteiger partial charge in [-0.3, -0.25) is 4.79 Å². The van der Waals surface area contributed by atoms with Crippen molar-refractivity contribution in [3.63, 3.8) is 0 Å². The van der Waals surface area contributed by atoms with E-state index >= 15 is 0 Å². The van der Waals surface area contributed by atoms with Crippen LogP contribution in [-0.2, 0) is 0 Å². The summed E-state index contributed by atoms with van der Waals surface area (Å²) in [6.45, 7) is 1.84. The van der Waals surface area contributed by atoms with Crippen LogP contribution in [0.2, 0.25) is 0 Å². The normalized spacial score (nSPS) is 10.2. The summed E-state index contributed by atoms with van der Waals surface area (Å²) in [4.78, 5) is 23.8. The van der Waals surface area contributed by atoms with E-state index in [1.165, 1.54) is 17.4 Å². The topological polar surface area (TPSA) is 66.4 Å². The number of aromatic carboxylic acids is 1. The maximum absolute atomic E-state index is 12.1. The molecule has 1 amide bonds. The molecule has 2 rings (SSSR count). The van der Waals surface area contributed by atoms with Crippen LogP contribution in [0.3, 0.4) is 0 Å². The van der Waals surface area contributed by atoms with E-state index in [0.29, 0.717) is 9.35 Å². The lowest BCUT2D eigenvalue weighted by molar-refractivity contribution is 0.0698. The van der Waals surface area contributed by atoms with Crippen LogP contribution in [0.5, 0.6) is 0 Å². The Labute approximate surface area is 122 Å². The molecule has 2 N–H and O–H groups in total. The Morgan fingerprint density at radius 2 is 2.05 bits per heavy atom. The largest absolute Gasteiger partial charge is 0.478 e. The first-order valence-corrected chi connectivity index (χ1v) is 7.04. The van der Waals surface area contributed by atoms with Crippen molar-refractivity contribution >= 4 is 44.8 Å². The minimum Gasteiger partial charge on any atom is -0.478 e. The highest BCUT2D eigenvalue weighted by atomic mass is 79.9. The Bertz CT molecular complexity index is 651. The summed E-state index contributed by atoms with van der Waals surface area (Å²) in [5.74, 6) is -1.38. The van der Waals surface area contributed by atoms with Gasteiger partial charge in [-0.05, 0) is 42.1 Å². The molecule has 0 radical (unpaired) electrons. The number of benzene rings is 1. The van der Waals surface area contributed by atoms with Crippen molar-refractivity contribution in [1.82, 2.24) is 0 Å².